The molecule has 2 rings (SSSR count). The summed E-state index contributed by atoms with van der Waals surface area (Å²) < 4.78 is 10.9. The summed E-state index contributed by atoms with van der Waals surface area (Å²) in [7, 11) is -1.35. The Hall–Kier alpha value is -0.930. The largest absolute Gasteiger partial charge is 0.248 e. The van der Waals surface area contributed by atoms with Crippen LogP contribution < -0.4 is 5.14 Å². The second kappa shape index (κ2) is 4.07. The minimum atomic E-state index is -1.35. The molecule has 1 atom stereocenters. The van der Waals surface area contributed by atoms with Gasteiger partial charge < -0.3 is 0 Å². The van der Waals surface area contributed by atoms with Crippen molar-refractivity contribution in [2.24, 2.45) is 5.14 Å². The lowest BCUT2D eigenvalue weighted by molar-refractivity contribution is 0.684. The summed E-state index contributed by atoms with van der Waals surface area (Å²) in [6.45, 7) is 0. The lowest BCUT2D eigenvalue weighted by atomic mass is 10.1. The minimum absolute atomic E-state index is 0.688. The highest BCUT2D eigenvalue weighted by Crippen LogP contribution is 2.27. The third-order valence-corrected chi connectivity index (χ3v) is 3.06. The van der Waals surface area contributed by atoms with E-state index in [-0.39, 0.29) is 0 Å². The molecule has 1 unspecified atom stereocenters. The van der Waals surface area contributed by atoms with Gasteiger partial charge in [0.1, 0.15) is 11.0 Å². The molecule has 0 aliphatic heterocycles. The van der Waals surface area contributed by atoms with Gasteiger partial charge in [-0.25, -0.2) is 9.35 Å². The van der Waals surface area contributed by atoms with E-state index in [9.17, 15) is 4.21 Å². The third-order valence-electron chi connectivity index (χ3n) is 2.32. The normalized spacial score (nSPS) is 16.5. The van der Waals surface area contributed by atoms with Crippen LogP contribution in [0.2, 0.25) is 0 Å². The fraction of sp³-hybridized carbons (Fsp3) is 0.273. The molecule has 0 amide bonds. The molecule has 1 aliphatic carbocycles. The van der Waals surface area contributed by atoms with Crippen molar-refractivity contribution in [2.45, 2.75) is 24.2 Å². The molecule has 1 aromatic carbocycles. The number of hydrogen-bond acceptors (Lipinski definition) is 1. The molecule has 2 nitrogen and oxygen atoms in total. The van der Waals surface area contributed by atoms with Crippen molar-refractivity contribution < 1.29 is 4.21 Å². The first-order valence-electron chi connectivity index (χ1n) is 4.69. The Bertz CT molecular complexity index is 375. The fourth-order valence-electron chi connectivity index (χ4n) is 1.30. The van der Waals surface area contributed by atoms with E-state index in [2.05, 4.69) is 6.08 Å². The maximum Gasteiger partial charge on any atom is 0.122 e. The summed E-state index contributed by atoms with van der Waals surface area (Å²) in [6.07, 6.45) is 5.79. The number of nitrogens with two attached hydrogens (primary N) is 1. The average molecular weight is 207 g/mol. The molecule has 1 aromatic rings. The van der Waals surface area contributed by atoms with Crippen LogP contribution >= 0.6 is 0 Å². The molecule has 0 aromatic heterocycles. The zero-order chi connectivity index (χ0) is 9.97. The van der Waals surface area contributed by atoms with Crippen LogP contribution in [0.15, 0.2) is 40.8 Å². The molecule has 1 aliphatic rings. The molecule has 74 valence electrons. The zero-order valence-corrected chi connectivity index (χ0v) is 8.72. The van der Waals surface area contributed by atoms with Crippen LogP contribution in [0.1, 0.15) is 18.4 Å². The smallest absolute Gasteiger partial charge is 0.122 e. The van der Waals surface area contributed by atoms with Crippen molar-refractivity contribution in [3.8, 4) is 0 Å². The molecule has 14 heavy (non-hydrogen) atoms. The lowest BCUT2D eigenvalue weighted by Gasteiger charge is -1.98. The van der Waals surface area contributed by atoms with Crippen LogP contribution in [0.3, 0.4) is 0 Å². The zero-order valence-electron chi connectivity index (χ0n) is 7.90. The Morgan fingerprint density at radius 2 is 1.93 bits per heavy atom. The molecule has 1 fully saturated rings. The molecule has 0 radical (unpaired) electrons. The van der Waals surface area contributed by atoms with Gasteiger partial charge in [-0.3, -0.25) is 0 Å². The highest BCUT2D eigenvalue weighted by atomic mass is 32.2. The Kier molecular flexibility index (Phi) is 2.79. The third kappa shape index (κ3) is 2.53. The maximum atomic E-state index is 10.9. The minimum Gasteiger partial charge on any atom is -0.248 e. The molecule has 0 saturated heterocycles. The molecule has 3 heteroatoms. The van der Waals surface area contributed by atoms with Gasteiger partial charge in [-0.15, -0.1) is 0 Å². The summed E-state index contributed by atoms with van der Waals surface area (Å²) in [5, 5.41) is 5.26. The van der Waals surface area contributed by atoms with Gasteiger partial charge in [0, 0.05) is 0 Å². The number of allylic oxidation sites excluding steroid dienone is 2. The van der Waals surface area contributed by atoms with Crippen LogP contribution in [0, 0.1) is 0 Å². The highest BCUT2D eigenvalue weighted by Gasteiger charge is 2.09. The van der Waals surface area contributed by atoms with Crippen LogP contribution in [-0.2, 0) is 17.4 Å². The van der Waals surface area contributed by atoms with Gasteiger partial charge in [0.15, 0.2) is 0 Å². The molecular weight excluding hydrogens is 194 g/mol. The van der Waals surface area contributed by atoms with Crippen molar-refractivity contribution in [2.75, 3.05) is 0 Å². The van der Waals surface area contributed by atoms with Gasteiger partial charge in [0.2, 0.25) is 0 Å². The summed E-state index contributed by atoms with van der Waals surface area (Å²) in [5.41, 5.74) is 2.80. The number of rotatable bonds is 3. The Labute approximate surface area is 86.4 Å². The van der Waals surface area contributed by atoms with Crippen LogP contribution in [0.5, 0.6) is 0 Å². The predicted molar refractivity (Wildman–Crippen MR) is 58.1 cm³/mol. The van der Waals surface area contributed by atoms with Crippen molar-refractivity contribution in [3.63, 3.8) is 0 Å². The van der Waals surface area contributed by atoms with Crippen LogP contribution in [0.4, 0.5) is 0 Å². The maximum absolute atomic E-state index is 10.9. The average Bonchev–Trinajstić information content (AvgIpc) is 2.99. The van der Waals surface area contributed by atoms with Gasteiger partial charge >= 0.3 is 0 Å². The molecule has 2 N–H and O–H groups in total. The van der Waals surface area contributed by atoms with Gasteiger partial charge in [-0.2, -0.15) is 0 Å². The van der Waals surface area contributed by atoms with Crippen molar-refractivity contribution in [3.05, 3.63) is 41.5 Å². The summed E-state index contributed by atoms with van der Waals surface area (Å²) in [5.74, 6) is 0. The summed E-state index contributed by atoms with van der Waals surface area (Å²) in [4.78, 5) is 0.688. The second-order valence-corrected chi connectivity index (χ2v) is 4.57. The molecule has 0 bridgehead atoms. The van der Waals surface area contributed by atoms with Crippen LogP contribution in [0.25, 0.3) is 0 Å². The van der Waals surface area contributed by atoms with E-state index in [1.807, 2.05) is 24.3 Å². The highest BCUT2D eigenvalue weighted by molar-refractivity contribution is 7.82. The lowest BCUT2D eigenvalue weighted by Crippen LogP contribution is -2.02. The Morgan fingerprint density at radius 1 is 1.29 bits per heavy atom. The van der Waals surface area contributed by atoms with Gasteiger partial charge in [-0.1, -0.05) is 23.8 Å². The summed E-state index contributed by atoms with van der Waals surface area (Å²) in [6, 6.07) is 7.63. The van der Waals surface area contributed by atoms with Gasteiger partial charge in [0.25, 0.3) is 0 Å². The van der Waals surface area contributed by atoms with Crippen molar-refractivity contribution >= 4 is 11.0 Å². The van der Waals surface area contributed by atoms with Crippen LogP contribution in [-0.4, -0.2) is 4.21 Å². The Balaban J connectivity index is 2.05. The summed E-state index contributed by atoms with van der Waals surface area (Å²) >= 11 is 0. The topological polar surface area (TPSA) is 43.1 Å². The van der Waals surface area contributed by atoms with E-state index in [0.29, 0.717) is 4.90 Å². The molecular formula is C11H13NOS. The predicted octanol–water partition coefficient (Wildman–Crippen LogP) is 1.93. The van der Waals surface area contributed by atoms with Crippen molar-refractivity contribution in [1.29, 1.82) is 0 Å². The fourth-order valence-corrected chi connectivity index (χ4v) is 1.70. The van der Waals surface area contributed by atoms with E-state index >= 15 is 0 Å². The second-order valence-electron chi connectivity index (χ2n) is 3.51. The van der Waals surface area contributed by atoms with E-state index < -0.39 is 11.0 Å². The van der Waals surface area contributed by atoms with E-state index in [0.717, 1.165) is 6.42 Å². The van der Waals surface area contributed by atoms with E-state index in [1.54, 1.807) is 5.57 Å². The monoisotopic (exact) mass is 207 g/mol. The Morgan fingerprint density at radius 3 is 2.43 bits per heavy atom. The first kappa shape index (κ1) is 9.62. The van der Waals surface area contributed by atoms with E-state index in [4.69, 9.17) is 5.14 Å². The van der Waals surface area contributed by atoms with Gasteiger partial charge in [-0.05, 0) is 37.0 Å². The number of benzene rings is 1. The van der Waals surface area contributed by atoms with Crippen molar-refractivity contribution in [1.82, 2.24) is 0 Å². The quantitative estimate of drug-likeness (QED) is 0.756. The van der Waals surface area contributed by atoms with E-state index in [1.165, 1.54) is 18.4 Å². The molecule has 0 heterocycles. The first-order valence-corrected chi connectivity index (χ1v) is 5.90. The molecule has 0 spiro atoms. The molecule has 1 saturated carbocycles. The number of hydrogen-bond donors (Lipinski definition) is 1. The SMILES string of the molecule is NS(=O)c1ccc(CC=C2CC2)cc1. The first-order chi connectivity index (χ1) is 6.75. The van der Waals surface area contributed by atoms with Gasteiger partial charge in [0.05, 0.1) is 4.90 Å². The standard InChI is InChI=1S/C11H13NOS/c12-14(13)11-7-5-10(6-8-11)4-3-9-1-2-9/h3,5-8H,1-2,4,12H2.